The zero-order valence-corrected chi connectivity index (χ0v) is 13.1. The molecule has 2 aromatic rings. The molecule has 1 amide bonds. The first-order valence-corrected chi connectivity index (χ1v) is 7.81. The molecule has 1 heterocycles. The van der Waals surface area contributed by atoms with Crippen LogP contribution in [0.25, 0.3) is 0 Å². The van der Waals surface area contributed by atoms with Crippen LogP contribution in [0.3, 0.4) is 0 Å². The highest BCUT2D eigenvalue weighted by atomic mass is 16.5. The number of carbonyl (C=O) groups is 1. The van der Waals surface area contributed by atoms with E-state index >= 15 is 0 Å². The number of nitrogens with zero attached hydrogens (tertiary/aromatic N) is 1. The van der Waals surface area contributed by atoms with Crippen molar-refractivity contribution in [3.8, 4) is 5.75 Å². The molecule has 24 heavy (non-hydrogen) atoms. The Hall–Kier alpha value is -2.38. The molecule has 1 unspecified atom stereocenters. The van der Waals surface area contributed by atoms with Crippen molar-refractivity contribution in [2.45, 2.75) is 25.0 Å². The van der Waals surface area contributed by atoms with E-state index in [9.17, 15) is 15.0 Å². The Balaban J connectivity index is 1.65. The highest BCUT2D eigenvalue weighted by molar-refractivity contribution is 5.91. The maximum Gasteiger partial charge on any atom is 0.289 e. The number of nitrogens with one attached hydrogen (secondary N) is 1. The van der Waals surface area contributed by atoms with Gasteiger partial charge in [0.05, 0.1) is 25.0 Å². The predicted molar refractivity (Wildman–Crippen MR) is 84.5 cm³/mol. The quantitative estimate of drug-likeness (QED) is 0.728. The van der Waals surface area contributed by atoms with Gasteiger partial charge in [-0.2, -0.15) is 0 Å². The van der Waals surface area contributed by atoms with E-state index in [0.29, 0.717) is 18.6 Å². The molecule has 7 heteroatoms. The fourth-order valence-corrected chi connectivity index (χ4v) is 3.00. The number of aromatic nitrogens is 1. The molecule has 0 aliphatic heterocycles. The largest absolute Gasteiger partial charge is 0.493 e. The fraction of sp³-hybridized carbons (Fsp3) is 0.412. The second kappa shape index (κ2) is 7.02. The molecule has 0 radical (unpaired) electrons. The summed E-state index contributed by atoms with van der Waals surface area (Å²) in [7, 11) is 0. The Bertz CT molecular complexity index is 649. The average Bonchev–Trinajstić information content (AvgIpc) is 3.22. The number of ether oxygens (including phenoxy) is 1. The van der Waals surface area contributed by atoms with Gasteiger partial charge in [-0.15, -0.1) is 0 Å². The van der Waals surface area contributed by atoms with Crippen molar-refractivity contribution < 1.29 is 24.3 Å². The normalized spacial score (nSPS) is 26.2. The second-order valence-electron chi connectivity index (χ2n) is 6.20. The second-order valence-corrected chi connectivity index (χ2v) is 6.20. The van der Waals surface area contributed by atoms with Gasteiger partial charge < -0.3 is 24.8 Å². The lowest BCUT2D eigenvalue weighted by atomic mass is 9.86. The Morgan fingerprint density at radius 2 is 1.96 bits per heavy atom. The monoisotopic (exact) mass is 332 g/mol. The number of hydrogen-bond donors (Lipinski definition) is 3. The summed E-state index contributed by atoms with van der Waals surface area (Å²) in [5.74, 6) is 0.435. The SMILES string of the molecule is O=C(NCC1(COc2ccccc2)C[C@@H](O)[C@@H](O)C1)c1ccno1. The maximum absolute atomic E-state index is 12.0. The molecule has 128 valence electrons. The number of carbonyl (C=O) groups excluding carboxylic acids is 1. The molecule has 0 bridgehead atoms. The molecule has 1 aromatic heterocycles. The van der Waals surface area contributed by atoms with Crippen LogP contribution in [0.15, 0.2) is 47.1 Å². The highest BCUT2D eigenvalue weighted by Gasteiger charge is 2.45. The van der Waals surface area contributed by atoms with E-state index in [2.05, 4.69) is 10.5 Å². The summed E-state index contributed by atoms with van der Waals surface area (Å²) in [5, 5.41) is 26.1. The van der Waals surface area contributed by atoms with Gasteiger partial charge in [-0.25, -0.2) is 0 Å². The van der Waals surface area contributed by atoms with Crippen LogP contribution in [0.4, 0.5) is 0 Å². The molecule has 7 nitrogen and oxygen atoms in total. The van der Waals surface area contributed by atoms with Gasteiger partial charge in [0, 0.05) is 18.0 Å². The Morgan fingerprint density at radius 1 is 1.25 bits per heavy atom. The topological polar surface area (TPSA) is 105 Å². The molecule has 0 saturated heterocycles. The third-order valence-corrected chi connectivity index (χ3v) is 4.30. The minimum Gasteiger partial charge on any atom is -0.493 e. The van der Waals surface area contributed by atoms with E-state index in [1.54, 1.807) is 0 Å². The van der Waals surface area contributed by atoms with E-state index in [4.69, 9.17) is 9.26 Å². The first-order chi connectivity index (χ1) is 11.6. The molecule has 1 aromatic carbocycles. The summed E-state index contributed by atoms with van der Waals surface area (Å²) >= 11 is 0. The first-order valence-electron chi connectivity index (χ1n) is 7.81. The molecule has 1 aliphatic rings. The van der Waals surface area contributed by atoms with Crippen LogP contribution in [0.1, 0.15) is 23.4 Å². The fourth-order valence-electron chi connectivity index (χ4n) is 3.00. The third kappa shape index (κ3) is 3.74. The van der Waals surface area contributed by atoms with Gasteiger partial charge in [0.15, 0.2) is 0 Å². The molecule has 3 atom stereocenters. The minimum atomic E-state index is -0.827. The van der Waals surface area contributed by atoms with Crippen LogP contribution in [-0.2, 0) is 0 Å². The maximum atomic E-state index is 12.0. The molecule has 3 N–H and O–H groups in total. The molecule has 1 saturated carbocycles. The van der Waals surface area contributed by atoms with Gasteiger partial charge in [-0.1, -0.05) is 23.4 Å². The summed E-state index contributed by atoms with van der Waals surface area (Å²) < 4.78 is 10.6. The Labute approximate surface area is 139 Å². The number of aliphatic hydroxyl groups excluding tert-OH is 2. The number of hydrogen-bond acceptors (Lipinski definition) is 6. The van der Waals surface area contributed by atoms with Crippen LogP contribution in [0.5, 0.6) is 5.75 Å². The van der Waals surface area contributed by atoms with E-state index in [0.717, 1.165) is 0 Å². The lowest BCUT2D eigenvalue weighted by Gasteiger charge is -2.29. The van der Waals surface area contributed by atoms with Crippen LogP contribution in [0, 0.1) is 5.41 Å². The Morgan fingerprint density at radius 3 is 2.58 bits per heavy atom. The predicted octanol–water partition coefficient (Wildman–Crippen LogP) is 0.985. The molecular weight excluding hydrogens is 312 g/mol. The summed E-state index contributed by atoms with van der Waals surface area (Å²) in [6.45, 7) is 0.537. The number of rotatable bonds is 6. The molecule has 1 fully saturated rings. The van der Waals surface area contributed by atoms with Crippen molar-refractivity contribution in [1.29, 1.82) is 0 Å². The lowest BCUT2D eigenvalue weighted by Crippen LogP contribution is -2.40. The minimum absolute atomic E-state index is 0.119. The average molecular weight is 332 g/mol. The van der Waals surface area contributed by atoms with Gasteiger partial charge in [0.2, 0.25) is 5.76 Å². The summed E-state index contributed by atoms with van der Waals surface area (Å²) in [6, 6.07) is 10.8. The molecular formula is C17H20N2O5. The zero-order valence-electron chi connectivity index (χ0n) is 13.1. The van der Waals surface area contributed by atoms with Crippen LogP contribution in [0.2, 0.25) is 0 Å². The standard InChI is InChI=1S/C17H20N2O5/c20-13-8-17(9-14(13)21,11-23-12-4-2-1-3-5-12)10-18-16(22)15-6-7-19-24-15/h1-7,13-14,20-21H,8-11H2,(H,18,22)/t13-,14+,17?. The van der Waals surface area contributed by atoms with Crippen LogP contribution < -0.4 is 10.1 Å². The van der Waals surface area contributed by atoms with E-state index in [1.165, 1.54) is 12.3 Å². The molecule has 1 aliphatic carbocycles. The van der Waals surface area contributed by atoms with Crippen molar-refractivity contribution >= 4 is 5.91 Å². The Kier molecular flexibility index (Phi) is 4.82. The number of aliphatic hydroxyl groups is 2. The highest BCUT2D eigenvalue weighted by Crippen LogP contribution is 2.38. The van der Waals surface area contributed by atoms with Gasteiger partial charge in [0.25, 0.3) is 5.91 Å². The molecule has 3 rings (SSSR count). The van der Waals surface area contributed by atoms with E-state index < -0.39 is 17.6 Å². The van der Waals surface area contributed by atoms with Crippen molar-refractivity contribution in [3.05, 3.63) is 48.4 Å². The van der Waals surface area contributed by atoms with Gasteiger partial charge >= 0.3 is 0 Å². The van der Waals surface area contributed by atoms with E-state index in [1.807, 2.05) is 30.3 Å². The van der Waals surface area contributed by atoms with Gasteiger partial charge in [0.1, 0.15) is 5.75 Å². The van der Waals surface area contributed by atoms with Crippen molar-refractivity contribution in [2.24, 2.45) is 5.41 Å². The molecule has 0 spiro atoms. The van der Waals surface area contributed by atoms with Crippen molar-refractivity contribution in [3.63, 3.8) is 0 Å². The van der Waals surface area contributed by atoms with Crippen molar-refractivity contribution in [2.75, 3.05) is 13.2 Å². The number of para-hydroxylation sites is 1. The summed E-state index contributed by atoms with van der Waals surface area (Å²) in [4.78, 5) is 12.0. The smallest absolute Gasteiger partial charge is 0.289 e. The number of amides is 1. The zero-order chi connectivity index (χ0) is 17.0. The van der Waals surface area contributed by atoms with E-state index in [-0.39, 0.29) is 24.8 Å². The summed E-state index contributed by atoms with van der Waals surface area (Å²) in [5.41, 5.74) is -0.551. The third-order valence-electron chi connectivity index (χ3n) is 4.30. The van der Waals surface area contributed by atoms with Crippen LogP contribution >= 0.6 is 0 Å². The van der Waals surface area contributed by atoms with Gasteiger partial charge in [-0.3, -0.25) is 4.79 Å². The van der Waals surface area contributed by atoms with Crippen LogP contribution in [-0.4, -0.2) is 46.6 Å². The van der Waals surface area contributed by atoms with Gasteiger partial charge in [-0.05, 0) is 25.0 Å². The number of benzene rings is 1. The van der Waals surface area contributed by atoms with Crippen molar-refractivity contribution in [1.82, 2.24) is 10.5 Å². The summed E-state index contributed by atoms with van der Waals surface area (Å²) in [6.07, 6.45) is 0.430. The first kappa shape index (κ1) is 16.5. The lowest BCUT2D eigenvalue weighted by molar-refractivity contribution is 0.0438.